The predicted octanol–water partition coefficient (Wildman–Crippen LogP) is 4.96. The number of allylic oxidation sites excluding steroid dienone is 1. The van der Waals surface area contributed by atoms with Crippen molar-refractivity contribution in [3.63, 3.8) is 0 Å². The Morgan fingerprint density at radius 1 is 0.889 bits per heavy atom. The van der Waals surface area contributed by atoms with Crippen molar-refractivity contribution in [3.8, 4) is 17.6 Å². The largest absolute Gasteiger partial charge is 0.505 e. The Kier molecular flexibility index (Phi) is 3.93. The molecule has 0 fully saturated rings. The molecule has 0 saturated heterocycles. The summed E-state index contributed by atoms with van der Waals surface area (Å²) in [7, 11) is 0. The molecule has 134 valence electrons. The van der Waals surface area contributed by atoms with Crippen LogP contribution in [0.2, 0.25) is 0 Å². The summed E-state index contributed by atoms with van der Waals surface area (Å²) < 4.78 is 43.2. The lowest BCUT2D eigenvalue weighted by Crippen LogP contribution is -1.97. The molecule has 1 heterocycles. The number of benzene rings is 2. The van der Waals surface area contributed by atoms with Gasteiger partial charge in [-0.05, 0) is 52.8 Å². The molecule has 1 aliphatic carbocycles. The highest BCUT2D eigenvalue weighted by Crippen LogP contribution is 2.47. The van der Waals surface area contributed by atoms with Gasteiger partial charge >= 0.3 is 0 Å². The van der Waals surface area contributed by atoms with E-state index in [2.05, 4.69) is 0 Å². The van der Waals surface area contributed by atoms with E-state index in [0.717, 1.165) is 17.4 Å². The topological polar surface area (TPSA) is 64.2 Å². The van der Waals surface area contributed by atoms with Crippen molar-refractivity contribution in [2.45, 2.75) is 6.42 Å². The van der Waals surface area contributed by atoms with Crippen molar-refractivity contribution in [2.24, 2.45) is 0 Å². The highest BCUT2D eigenvalue weighted by atomic mass is 32.1. The SMILES string of the molecule is N#Cc1sccc1C1=C(c2ccc(O)c(F)c2F)Cc2ccc(O)c(F)c21. The maximum atomic E-state index is 14.7. The second-order valence-electron chi connectivity index (χ2n) is 6.00. The molecule has 27 heavy (non-hydrogen) atoms. The molecule has 2 aromatic carbocycles. The fourth-order valence-electron chi connectivity index (χ4n) is 3.34. The second-order valence-corrected chi connectivity index (χ2v) is 6.91. The standard InChI is InChI=1S/C20H10F3NO2S/c21-18-10(2-4-14(26)20(18)23)12-7-9-1-3-13(25)19(22)16(9)17(12)11-5-6-27-15(11)8-24/h1-6,25-26H,7H2. The Balaban J connectivity index is 2.09. The molecule has 0 saturated carbocycles. The van der Waals surface area contributed by atoms with Crippen molar-refractivity contribution >= 4 is 22.5 Å². The summed E-state index contributed by atoms with van der Waals surface area (Å²) in [5.41, 5.74) is 1.31. The number of fused-ring (bicyclic) bond motifs is 1. The summed E-state index contributed by atoms with van der Waals surface area (Å²) in [6.45, 7) is 0. The van der Waals surface area contributed by atoms with Gasteiger partial charge in [0.05, 0.1) is 0 Å². The minimum absolute atomic E-state index is 0.0628. The van der Waals surface area contributed by atoms with E-state index in [1.54, 1.807) is 11.4 Å². The summed E-state index contributed by atoms with van der Waals surface area (Å²) in [4.78, 5) is 0.290. The first-order chi connectivity index (χ1) is 12.9. The van der Waals surface area contributed by atoms with Gasteiger partial charge in [-0.25, -0.2) is 8.78 Å². The van der Waals surface area contributed by atoms with Crippen LogP contribution in [0.1, 0.15) is 27.1 Å². The van der Waals surface area contributed by atoms with Crippen molar-refractivity contribution < 1.29 is 23.4 Å². The van der Waals surface area contributed by atoms with Crippen LogP contribution in [-0.4, -0.2) is 10.2 Å². The predicted molar refractivity (Wildman–Crippen MR) is 94.7 cm³/mol. The quantitative estimate of drug-likeness (QED) is 0.655. The van der Waals surface area contributed by atoms with Gasteiger partial charge in [0.1, 0.15) is 10.9 Å². The molecule has 3 nitrogen and oxygen atoms in total. The van der Waals surface area contributed by atoms with E-state index in [9.17, 15) is 28.6 Å². The zero-order valence-corrected chi connectivity index (χ0v) is 14.4. The Morgan fingerprint density at radius 3 is 2.33 bits per heavy atom. The van der Waals surface area contributed by atoms with Crippen molar-refractivity contribution in [1.29, 1.82) is 5.26 Å². The average molecular weight is 385 g/mol. The third-order valence-electron chi connectivity index (χ3n) is 4.55. The summed E-state index contributed by atoms with van der Waals surface area (Å²) in [5, 5.41) is 30.2. The van der Waals surface area contributed by atoms with E-state index in [-0.39, 0.29) is 33.6 Å². The molecule has 2 N–H and O–H groups in total. The van der Waals surface area contributed by atoms with Crippen LogP contribution in [0.15, 0.2) is 35.7 Å². The fraction of sp³-hybridized carbons (Fsp3) is 0.0500. The molecule has 0 atom stereocenters. The zero-order valence-electron chi connectivity index (χ0n) is 13.6. The molecule has 4 rings (SSSR count). The highest BCUT2D eigenvalue weighted by molar-refractivity contribution is 7.10. The van der Waals surface area contributed by atoms with Crippen LogP contribution in [-0.2, 0) is 6.42 Å². The Bertz CT molecular complexity index is 1170. The van der Waals surface area contributed by atoms with Crippen LogP contribution < -0.4 is 0 Å². The molecule has 0 amide bonds. The first kappa shape index (κ1) is 17.2. The van der Waals surface area contributed by atoms with Gasteiger partial charge in [0, 0.05) is 16.7 Å². The first-order valence-corrected chi connectivity index (χ1v) is 8.71. The van der Waals surface area contributed by atoms with E-state index in [1.807, 2.05) is 6.07 Å². The van der Waals surface area contributed by atoms with Gasteiger partial charge in [0.2, 0.25) is 5.82 Å². The fourth-order valence-corrected chi connectivity index (χ4v) is 4.03. The Labute approximate surface area is 155 Å². The van der Waals surface area contributed by atoms with Crippen molar-refractivity contribution in [2.75, 3.05) is 0 Å². The van der Waals surface area contributed by atoms with Crippen LogP contribution in [0, 0.1) is 28.8 Å². The maximum absolute atomic E-state index is 14.7. The summed E-state index contributed by atoms with van der Waals surface area (Å²) in [5.74, 6) is -4.94. The number of halogens is 3. The summed E-state index contributed by atoms with van der Waals surface area (Å²) in [6.07, 6.45) is 0.0870. The number of hydrogen-bond acceptors (Lipinski definition) is 4. The molecule has 0 bridgehead atoms. The van der Waals surface area contributed by atoms with Gasteiger partial charge in [-0.1, -0.05) is 6.07 Å². The number of phenolic OH excluding ortho intramolecular Hbond substituents is 2. The lowest BCUT2D eigenvalue weighted by atomic mass is 9.94. The van der Waals surface area contributed by atoms with Crippen LogP contribution >= 0.6 is 11.3 Å². The molecule has 1 aromatic heterocycles. The molecule has 3 aromatic rings. The first-order valence-electron chi connectivity index (χ1n) is 7.83. The van der Waals surface area contributed by atoms with Gasteiger partial charge in [-0.3, -0.25) is 0 Å². The number of aromatic hydroxyl groups is 2. The van der Waals surface area contributed by atoms with Gasteiger partial charge in [-0.15, -0.1) is 11.3 Å². The maximum Gasteiger partial charge on any atom is 0.200 e. The van der Waals surface area contributed by atoms with E-state index < -0.39 is 29.0 Å². The number of thiophene rings is 1. The highest BCUT2D eigenvalue weighted by Gasteiger charge is 2.32. The van der Waals surface area contributed by atoms with Gasteiger partial charge in [0.25, 0.3) is 0 Å². The number of nitriles is 1. The van der Waals surface area contributed by atoms with Gasteiger partial charge in [0.15, 0.2) is 23.1 Å². The van der Waals surface area contributed by atoms with Gasteiger partial charge < -0.3 is 10.2 Å². The summed E-state index contributed by atoms with van der Waals surface area (Å²) >= 11 is 1.14. The molecule has 0 radical (unpaired) electrons. The number of rotatable bonds is 2. The third kappa shape index (κ3) is 2.49. The lowest BCUT2D eigenvalue weighted by Gasteiger charge is -2.11. The van der Waals surface area contributed by atoms with Crippen LogP contribution in [0.25, 0.3) is 11.1 Å². The molecule has 1 aliphatic rings. The molecule has 0 unspecified atom stereocenters. The number of hydrogen-bond donors (Lipinski definition) is 2. The normalized spacial score (nSPS) is 13.0. The minimum Gasteiger partial charge on any atom is -0.505 e. The molecular formula is C20H10F3NO2S. The molecule has 7 heteroatoms. The molecule has 0 aliphatic heterocycles. The zero-order chi connectivity index (χ0) is 19.3. The van der Waals surface area contributed by atoms with Crippen LogP contribution in [0.4, 0.5) is 13.2 Å². The smallest absolute Gasteiger partial charge is 0.200 e. The minimum atomic E-state index is -1.40. The van der Waals surface area contributed by atoms with E-state index >= 15 is 0 Å². The van der Waals surface area contributed by atoms with Crippen LogP contribution in [0.5, 0.6) is 11.5 Å². The lowest BCUT2D eigenvalue weighted by molar-refractivity contribution is 0.406. The van der Waals surface area contributed by atoms with Crippen LogP contribution in [0.3, 0.4) is 0 Å². The van der Waals surface area contributed by atoms with E-state index in [0.29, 0.717) is 11.1 Å². The second kappa shape index (κ2) is 6.18. The van der Waals surface area contributed by atoms with Gasteiger partial charge in [-0.2, -0.15) is 9.65 Å². The van der Waals surface area contributed by atoms with E-state index in [1.165, 1.54) is 18.2 Å². The Hall–Kier alpha value is -3.24. The van der Waals surface area contributed by atoms with Crippen molar-refractivity contribution in [1.82, 2.24) is 0 Å². The number of phenols is 2. The Morgan fingerprint density at radius 2 is 1.59 bits per heavy atom. The monoisotopic (exact) mass is 385 g/mol. The molecular weight excluding hydrogens is 375 g/mol. The summed E-state index contributed by atoms with van der Waals surface area (Å²) in [6, 6.07) is 8.56. The van der Waals surface area contributed by atoms with E-state index in [4.69, 9.17) is 0 Å². The third-order valence-corrected chi connectivity index (χ3v) is 5.37. The molecule has 0 spiro atoms. The number of nitrogens with zero attached hydrogens (tertiary/aromatic N) is 1. The van der Waals surface area contributed by atoms with Crippen molar-refractivity contribution in [3.05, 3.63) is 80.3 Å². The average Bonchev–Trinajstić information content (AvgIpc) is 3.27.